The summed E-state index contributed by atoms with van der Waals surface area (Å²) in [6.45, 7) is 3.05. The standard InChI is InChI=1S/C21H22F2N6O2/c1-12-10-28(19-9-17(20(24)30)25-11-26-19)5-3-16(12)21(31)29-18(2-4-27-29)13-6-14(22)8-15(23)7-13/h4,6-9,11-12,16,18H,2-3,5,10H2,1H3,(H2,24,30)/t12-,16+,18+/m0/s1. The maximum absolute atomic E-state index is 13.7. The molecule has 4 rings (SSSR count). The number of aromatic nitrogens is 2. The van der Waals surface area contributed by atoms with Gasteiger partial charge in [0.15, 0.2) is 0 Å². The van der Waals surface area contributed by atoms with Crippen LogP contribution in [0.25, 0.3) is 0 Å². The summed E-state index contributed by atoms with van der Waals surface area (Å²) < 4.78 is 27.4. The van der Waals surface area contributed by atoms with Crippen LogP contribution in [0.5, 0.6) is 0 Å². The van der Waals surface area contributed by atoms with Crippen molar-refractivity contribution in [3.63, 3.8) is 0 Å². The molecule has 1 saturated heterocycles. The van der Waals surface area contributed by atoms with Crippen molar-refractivity contribution < 1.29 is 18.4 Å². The Morgan fingerprint density at radius 3 is 2.55 bits per heavy atom. The predicted octanol–water partition coefficient (Wildman–Crippen LogP) is 2.28. The third-order valence-electron chi connectivity index (χ3n) is 5.78. The molecule has 31 heavy (non-hydrogen) atoms. The minimum absolute atomic E-state index is 0.0334. The van der Waals surface area contributed by atoms with Crippen molar-refractivity contribution in [1.82, 2.24) is 15.0 Å². The fourth-order valence-corrected chi connectivity index (χ4v) is 4.22. The summed E-state index contributed by atoms with van der Waals surface area (Å²) in [6, 6.07) is 4.29. The summed E-state index contributed by atoms with van der Waals surface area (Å²) in [6.07, 6.45) is 3.83. The number of nitrogens with two attached hydrogens (primary N) is 1. The van der Waals surface area contributed by atoms with Crippen molar-refractivity contribution in [1.29, 1.82) is 0 Å². The smallest absolute Gasteiger partial charge is 0.267 e. The van der Waals surface area contributed by atoms with Gasteiger partial charge in [-0.25, -0.2) is 23.8 Å². The van der Waals surface area contributed by atoms with E-state index in [-0.39, 0.29) is 23.4 Å². The molecule has 0 saturated carbocycles. The lowest BCUT2D eigenvalue weighted by Crippen LogP contribution is -2.46. The first-order chi connectivity index (χ1) is 14.8. The summed E-state index contributed by atoms with van der Waals surface area (Å²) in [5, 5.41) is 5.55. The van der Waals surface area contributed by atoms with E-state index in [0.717, 1.165) is 6.07 Å². The van der Waals surface area contributed by atoms with Gasteiger partial charge in [-0.15, -0.1) is 0 Å². The van der Waals surface area contributed by atoms with E-state index >= 15 is 0 Å². The van der Waals surface area contributed by atoms with E-state index in [4.69, 9.17) is 5.73 Å². The molecule has 162 valence electrons. The van der Waals surface area contributed by atoms with Crippen molar-refractivity contribution >= 4 is 23.8 Å². The molecule has 2 aliphatic rings. The lowest BCUT2D eigenvalue weighted by Gasteiger charge is -2.38. The van der Waals surface area contributed by atoms with Gasteiger partial charge in [0, 0.05) is 43.8 Å². The van der Waals surface area contributed by atoms with Crippen LogP contribution in [0.1, 0.15) is 41.9 Å². The number of piperidine rings is 1. The van der Waals surface area contributed by atoms with E-state index in [1.54, 1.807) is 6.21 Å². The number of nitrogens with zero attached hydrogens (tertiary/aromatic N) is 5. The number of halogens is 2. The Kier molecular flexibility index (Phi) is 5.62. The molecular formula is C21H22F2N6O2. The molecule has 0 aliphatic carbocycles. The third kappa shape index (κ3) is 4.23. The van der Waals surface area contributed by atoms with Crippen molar-refractivity contribution in [2.45, 2.75) is 25.8 Å². The molecule has 0 unspecified atom stereocenters. The quantitative estimate of drug-likeness (QED) is 0.805. The zero-order chi connectivity index (χ0) is 22.1. The number of benzene rings is 1. The molecule has 0 radical (unpaired) electrons. The molecule has 2 N–H and O–H groups in total. The minimum atomic E-state index is -0.684. The molecule has 2 aromatic rings. The van der Waals surface area contributed by atoms with Crippen LogP contribution in [0.2, 0.25) is 0 Å². The molecule has 1 aromatic heterocycles. The maximum atomic E-state index is 13.7. The first-order valence-corrected chi connectivity index (χ1v) is 10.0. The highest BCUT2D eigenvalue weighted by molar-refractivity contribution is 5.91. The van der Waals surface area contributed by atoms with Gasteiger partial charge in [-0.3, -0.25) is 9.59 Å². The summed E-state index contributed by atoms with van der Waals surface area (Å²) in [5.74, 6) is -1.93. The zero-order valence-electron chi connectivity index (χ0n) is 16.9. The number of hydrogen-bond acceptors (Lipinski definition) is 6. The molecule has 10 heteroatoms. The number of rotatable bonds is 4. The van der Waals surface area contributed by atoms with E-state index in [2.05, 4.69) is 15.1 Å². The van der Waals surface area contributed by atoms with Crippen LogP contribution in [0.4, 0.5) is 14.6 Å². The van der Waals surface area contributed by atoms with E-state index in [1.807, 2.05) is 11.8 Å². The fraction of sp³-hybridized carbons (Fsp3) is 0.381. The van der Waals surface area contributed by atoms with Crippen LogP contribution in [0.3, 0.4) is 0 Å². The zero-order valence-corrected chi connectivity index (χ0v) is 16.9. The number of carbonyl (C=O) groups is 2. The number of hydrogen-bond donors (Lipinski definition) is 1. The maximum Gasteiger partial charge on any atom is 0.267 e. The Morgan fingerprint density at radius 2 is 1.87 bits per heavy atom. The summed E-state index contributed by atoms with van der Waals surface area (Å²) in [5.41, 5.74) is 5.81. The molecule has 3 atom stereocenters. The normalized spacial score (nSPS) is 23.3. The van der Waals surface area contributed by atoms with Gasteiger partial charge in [-0.1, -0.05) is 6.92 Å². The molecule has 3 heterocycles. The van der Waals surface area contributed by atoms with Crippen molar-refractivity contribution in [3.8, 4) is 0 Å². The van der Waals surface area contributed by atoms with Gasteiger partial charge in [0.05, 0.1) is 6.04 Å². The second-order valence-corrected chi connectivity index (χ2v) is 7.88. The first-order valence-electron chi connectivity index (χ1n) is 10.0. The SMILES string of the molecule is C[C@H]1CN(c2cc(C(N)=O)ncn2)CC[C@H]1C(=O)N1N=CC[C@@H]1c1cc(F)cc(F)c1. The fourth-order valence-electron chi connectivity index (χ4n) is 4.22. The Hall–Kier alpha value is -3.43. The number of hydrazone groups is 1. The number of primary amides is 1. The largest absolute Gasteiger partial charge is 0.364 e. The monoisotopic (exact) mass is 428 g/mol. The highest BCUT2D eigenvalue weighted by atomic mass is 19.1. The average Bonchev–Trinajstić information content (AvgIpc) is 3.22. The Balaban J connectivity index is 1.48. The third-order valence-corrected chi connectivity index (χ3v) is 5.78. The van der Waals surface area contributed by atoms with Crippen molar-refractivity contribution in [3.05, 3.63) is 53.5 Å². The first kappa shape index (κ1) is 20.8. The van der Waals surface area contributed by atoms with E-state index in [9.17, 15) is 18.4 Å². The molecule has 0 spiro atoms. The lowest BCUT2D eigenvalue weighted by atomic mass is 9.85. The molecule has 1 aromatic carbocycles. The van der Waals surface area contributed by atoms with Gasteiger partial charge in [0.25, 0.3) is 5.91 Å². The second-order valence-electron chi connectivity index (χ2n) is 7.88. The minimum Gasteiger partial charge on any atom is -0.364 e. The Morgan fingerprint density at radius 1 is 1.13 bits per heavy atom. The summed E-state index contributed by atoms with van der Waals surface area (Å²) in [7, 11) is 0. The predicted molar refractivity (Wildman–Crippen MR) is 109 cm³/mol. The second kappa shape index (κ2) is 8.37. The van der Waals surface area contributed by atoms with E-state index in [1.165, 1.54) is 29.5 Å². The van der Waals surface area contributed by atoms with E-state index < -0.39 is 23.6 Å². The highest BCUT2D eigenvalue weighted by Gasteiger charge is 2.38. The molecule has 0 bridgehead atoms. The van der Waals surface area contributed by atoms with Crippen LogP contribution in [0, 0.1) is 23.5 Å². The van der Waals surface area contributed by atoms with Gasteiger partial charge >= 0.3 is 0 Å². The lowest BCUT2D eigenvalue weighted by molar-refractivity contribution is -0.139. The van der Waals surface area contributed by atoms with Crippen LogP contribution < -0.4 is 10.6 Å². The van der Waals surface area contributed by atoms with Gasteiger partial charge in [-0.05, 0) is 30.0 Å². The molecule has 8 nitrogen and oxygen atoms in total. The van der Waals surface area contributed by atoms with E-state index in [0.29, 0.717) is 37.3 Å². The van der Waals surface area contributed by atoms with Crippen molar-refractivity contribution in [2.24, 2.45) is 22.7 Å². The number of amides is 2. The summed E-state index contributed by atoms with van der Waals surface area (Å²) in [4.78, 5) is 34.7. The van der Waals surface area contributed by atoms with Gasteiger partial charge < -0.3 is 10.6 Å². The van der Waals surface area contributed by atoms with Crippen LogP contribution in [0.15, 0.2) is 35.7 Å². The van der Waals surface area contributed by atoms with Crippen LogP contribution in [-0.4, -0.2) is 46.1 Å². The molecule has 2 aliphatic heterocycles. The highest BCUT2D eigenvalue weighted by Crippen LogP contribution is 2.34. The van der Waals surface area contributed by atoms with Crippen molar-refractivity contribution in [2.75, 3.05) is 18.0 Å². The van der Waals surface area contributed by atoms with Gasteiger partial charge in [0.2, 0.25) is 5.91 Å². The Labute approximate surface area is 177 Å². The topological polar surface area (TPSA) is 105 Å². The Bertz CT molecular complexity index is 1030. The summed E-state index contributed by atoms with van der Waals surface area (Å²) >= 11 is 0. The molecule has 2 amide bonds. The number of carbonyl (C=O) groups excluding carboxylic acids is 2. The molecule has 1 fully saturated rings. The van der Waals surface area contributed by atoms with Crippen LogP contribution in [-0.2, 0) is 4.79 Å². The van der Waals surface area contributed by atoms with Crippen LogP contribution >= 0.6 is 0 Å². The number of anilines is 1. The average molecular weight is 428 g/mol. The van der Waals surface area contributed by atoms with Gasteiger partial charge in [-0.2, -0.15) is 5.10 Å². The van der Waals surface area contributed by atoms with Gasteiger partial charge in [0.1, 0.15) is 29.5 Å². The molecular weight excluding hydrogens is 406 g/mol.